The molecular formula is C25H30Cl2Zr. The molecule has 0 nitrogen and oxygen atoms in total. The van der Waals surface area contributed by atoms with Crippen LogP contribution in [0.5, 0.6) is 0 Å². The van der Waals surface area contributed by atoms with Crippen molar-refractivity contribution in [3.63, 3.8) is 0 Å². The van der Waals surface area contributed by atoms with E-state index >= 15 is 0 Å². The maximum Gasteiger partial charge on any atom is 4.00 e. The van der Waals surface area contributed by atoms with Crippen molar-refractivity contribution < 1.29 is 26.2 Å². The normalized spacial score (nSPS) is 9.07. The largest absolute Gasteiger partial charge is 4.00 e. The second-order valence-electron chi connectivity index (χ2n) is 6.46. The summed E-state index contributed by atoms with van der Waals surface area (Å²) < 4.78 is 0. The molecule has 4 aromatic rings. The van der Waals surface area contributed by atoms with E-state index in [4.69, 9.17) is 0 Å². The SMILES string of the molecule is Cc1ccc(C)c2[cH-]ccc12.Cc1ccc(C)c2[cH-]ccc12.Cl.Cl.[CH2-]C[CH2-].[Zr+4]. The third-order valence-corrected chi connectivity index (χ3v) is 4.50. The monoisotopic (exact) mass is 490 g/mol. The molecule has 0 atom stereocenters. The molecule has 0 saturated carbocycles. The quantitative estimate of drug-likeness (QED) is 0.217. The second kappa shape index (κ2) is 14.2. The van der Waals surface area contributed by atoms with E-state index in [1.165, 1.54) is 43.8 Å². The van der Waals surface area contributed by atoms with E-state index in [0.29, 0.717) is 0 Å². The van der Waals surface area contributed by atoms with Gasteiger partial charge < -0.3 is 20.3 Å². The van der Waals surface area contributed by atoms with E-state index in [9.17, 15) is 0 Å². The summed E-state index contributed by atoms with van der Waals surface area (Å²) in [5.41, 5.74) is 5.48. The molecule has 0 spiro atoms. The predicted molar refractivity (Wildman–Crippen MR) is 128 cm³/mol. The first-order chi connectivity index (χ1) is 12.0. The van der Waals surface area contributed by atoms with Crippen LogP contribution >= 0.6 is 24.8 Å². The Morgan fingerprint density at radius 1 is 0.607 bits per heavy atom. The van der Waals surface area contributed by atoms with Gasteiger partial charge in [-0.25, -0.2) is 0 Å². The smallest absolute Gasteiger partial charge is 0.372 e. The van der Waals surface area contributed by atoms with E-state index in [2.05, 4.69) is 102 Å². The maximum absolute atomic E-state index is 3.38. The minimum Gasteiger partial charge on any atom is -0.372 e. The Hall–Kier alpha value is -0.877. The molecule has 0 saturated heterocycles. The van der Waals surface area contributed by atoms with E-state index in [0.717, 1.165) is 6.42 Å². The molecule has 28 heavy (non-hydrogen) atoms. The number of fused-ring (bicyclic) bond motifs is 2. The van der Waals surface area contributed by atoms with Crippen LogP contribution in [-0.2, 0) is 26.2 Å². The minimum absolute atomic E-state index is 0. The van der Waals surface area contributed by atoms with Gasteiger partial charge >= 0.3 is 26.2 Å². The van der Waals surface area contributed by atoms with Crippen molar-refractivity contribution >= 4 is 46.4 Å². The average molecular weight is 493 g/mol. The average Bonchev–Trinajstić information content (AvgIpc) is 3.26. The van der Waals surface area contributed by atoms with Crippen molar-refractivity contribution in [3.8, 4) is 0 Å². The number of halogens is 2. The first kappa shape index (κ1) is 29.3. The predicted octanol–water partition coefficient (Wildman–Crippen LogP) is 8.24. The molecule has 0 aliphatic carbocycles. The summed E-state index contributed by atoms with van der Waals surface area (Å²) in [5, 5.41) is 5.57. The van der Waals surface area contributed by atoms with Gasteiger partial charge in [0, 0.05) is 0 Å². The van der Waals surface area contributed by atoms with Gasteiger partial charge in [0.1, 0.15) is 0 Å². The van der Waals surface area contributed by atoms with Gasteiger partial charge in [0.25, 0.3) is 0 Å². The Bertz CT molecular complexity index is 798. The molecule has 3 heteroatoms. The number of hydrogen-bond acceptors (Lipinski definition) is 0. The number of rotatable bonds is 0. The molecule has 0 aromatic heterocycles. The molecular weight excluding hydrogens is 462 g/mol. The summed E-state index contributed by atoms with van der Waals surface area (Å²) in [6, 6.07) is 21.7. The van der Waals surface area contributed by atoms with Crippen molar-refractivity contribution in [2.24, 2.45) is 0 Å². The van der Waals surface area contributed by atoms with Crippen LogP contribution in [0.1, 0.15) is 28.7 Å². The standard InChI is InChI=1S/2C11H11.C3H6.2ClH.Zr/c2*1-8-6-7-9(2)11-5-3-4-10(8)11;1-3-2;;;/h2*3-7H,1-2H3;1-3H2;2*1H;/q2*-1;-2;;;+4. The molecule has 0 unspecified atom stereocenters. The second-order valence-corrected chi connectivity index (χ2v) is 6.46. The maximum atomic E-state index is 3.38. The minimum atomic E-state index is 0. The van der Waals surface area contributed by atoms with E-state index in [1.807, 2.05) is 0 Å². The van der Waals surface area contributed by atoms with Gasteiger partial charge in [-0.3, -0.25) is 0 Å². The molecule has 0 heterocycles. The summed E-state index contributed by atoms with van der Waals surface area (Å²) >= 11 is 0. The fourth-order valence-electron chi connectivity index (χ4n) is 3.07. The molecule has 4 rings (SSSR count). The third kappa shape index (κ3) is 7.18. The summed E-state index contributed by atoms with van der Waals surface area (Å²) in [6.45, 7) is 15.4. The molecule has 0 radical (unpaired) electrons. The van der Waals surface area contributed by atoms with Gasteiger partial charge in [0.05, 0.1) is 0 Å². The Morgan fingerprint density at radius 2 is 0.893 bits per heavy atom. The summed E-state index contributed by atoms with van der Waals surface area (Å²) in [7, 11) is 0. The molecule has 0 amide bonds. The van der Waals surface area contributed by atoms with Crippen LogP contribution in [0.3, 0.4) is 0 Å². The third-order valence-electron chi connectivity index (χ3n) is 4.50. The van der Waals surface area contributed by atoms with E-state index < -0.39 is 0 Å². The van der Waals surface area contributed by atoms with Crippen LogP contribution < -0.4 is 0 Å². The summed E-state index contributed by atoms with van der Waals surface area (Å²) in [4.78, 5) is 0. The molecule has 0 fully saturated rings. The van der Waals surface area contributed by atoms with Crippen LogP contribution in [0.25, 0.3) is 21.5 Å². The fraction of sp³-hybridized carbons (Fsp3) is 0.200. The molecule has 0 aliphatic rings. The van der Waals surface area contributed by atoms with Crippen LogP contribution in [0.4, 0.5) is 0 Å². The van der Waals surface area contributed by atoms with Gasteiger partial charge in [-0.2, -0.15) is 24.3 Å². The molecule has 148 valence electrons. The Labute approximate surface area is 202 Å². The van der Waals surface area contributed by atoms with Gasteiger partial charge in [0.15, 0.2) is 0 Å². The van der Waals surface area contributed by atoms with Crippen LogP contribution in [0, 0.1) is 41.5 Å². The van der Waals surface area contributed by atoms with Crippen LogP contribution in [0.2, 0.25) is 0 Å². The van der Waals surface area contributed by atoms with Crippen LogP contribution in [-0.4, -0.2) is 0 Å². The van der Waals surface area contributed by atoms with Crippen LogP contribution in [0.15, 0.2) is 60.7 Å². The van der Waals surface area contributed by atoms with Gasteiger partial charge in [-0.05, 0) is 13.8 Å². The molecule has 0 bridgehead atoms. The molecule has 0 aliphatic heterocycles. The fourth-order valence-corrected chi connectivity index (χ4v) is 3.07. The Balaban J connectivity index is 0. The van der Waals surface area contributed by atoms with Crippen molar-refractivity contribution in [1.29, 1.82) is 0 Å². The topological polar surface area (TPSA) is 0 Å². The number of benzene rings is 2. The first-order valence-electron chi connectivity index (χ1n) is 8.81. The van der Waals surface area contributed by atoms with Gasteiger partial charge in [-0.15, -0.1) is 81.8 Å². The van der Waals surface area contributed by atoms with Crippen molar-refractivity contribution in [1.82, 2.24) is 0 Å². The molecule has 0 N–H and O–H groups in total. The van der Waals surface area contributed by atoms with Gasteiger partial charge in [0.2, 0.25) is 0 Å². The van der Waals surface area contributed by atoms with Crippen molar-refractivity contribution in [2.45, 2.75) is 34.1 Å². The summed E-state index contributed by atoms with van der Waals surface area (Å²) in [6.07, 6.45) is 0.750. The number of hydrogen-bond donors (Lipinski definition) is 0. The molecule has 4 aromatic carbocycles. The number of aryl methyl sites for hydroxylation is 4. The van der Waals surface area contributed by atoms with E-state index in [-0.39, 0.29) is 51.0 Å². The Morgan fingerprint density at radius 3 is 1.18 bits per heavy atom. The van der Waals surface area contributed by atoms with Gasteiger partial charge in [-0.1, -0.05) is 37.1 Å². The summed E-state index contributed by atoms with van der Waals surface area (Å²) in [5.74, 6) is 0. The zero-order valence-electron chi connectivity index (χ0n) is 17.2. The zero-order chi connectivity index (χ0) is 18.4. The van der Waals surface area contributed by atoms with E-state index in [1.54, 1.807) is 0 Å². The Kier molecular flexibility index (Phi) is 14.8. The van der Waals surface area contributed by atoms with Crippen molar-refractivity contribution in [3.05, 3.63) is 96.8 Å². The first-order valence-corrected chi connectivity index (χ1v) is 8.81. The van der Waals surface area contributed by atoms with Crippen molar-refractivity contribution in [2.75, 3.05) is 0 Å². The zero-order valence-corrected chi connectivity index (χ0v) is 21.3.